The maximum absolute atomic E-state index is 7.47. The van der Waals surface area contributed by atoms with Crippen LogP contribution in [0.4, 0.5) is 0 Å². The standard InChI is InChI=1S/C20H16N6Se2/c21-19(22)11-1-3-13(25-9-11)15-5-7-17(27-15)18-8-6-16(28-18)14-4-2-12(10-26-14)20(23)24/h1-10H,(H3,21,22)(H3,23,24). The molecule has 0 spiro atoms. The van der Waals surface area contributed by atoms with Crippen molar-refractivity contribution in [3.05, 3.63) is 72.1 Å². The van der Waals surface area contributed by atoms with Crippen molar-refractivity contribution in [1.29, 1.82) is 10.8 Å². The van der Waals surface area contributed by atoms with Crippen molar-refractivity contribution >= 4 is 40.7 Å². The van der Waals surface area contributed by atoms with Gasteiger partial charge in [0.1, 0.15) is 0 Å². The molecule has 4 rings (SSSR count). The van der Waals surface area contributed by atoms with Gasteiger partial charge < -0.3 is 0 Å². The number of hydrogen-bond donors (Lipinski definition) is 4. The second kappa shape index (κ2) is 7.70. The molecule has 0 bridgehead atoms. The van der Waals surface area contributed by atoms with E-state index < -0.39 is 0 Å². The summed E-state index contributed by atoms with van der Waals surface area (Å²) in [4.78, 5) is 8.91. The third-order valence-corrected chi connectivity index (χ3v) is 9.55. The first-order chi connectivity index (χ1) is 13.5. The number of hydrogen-bond acceptors (Lipinski definition) is 4. The molecule has 0 amide bonds. The summed E-state index contributed by atoms with van der Waals surface area (Å²) in [5.41, 5.74) is 14.2. The molecule has 8 heteroatoms. The van der Waals surface area contributed by atoms with Crippen LogP contribution in [0, 0.1) is 10.8 Å². The number of nitrogens with zero attached hydrogens (tertiary/aromatic N) is 2. The Morgan fingerprint density at radius 1 is 0.607 bits per heavy atom. The Labute approximate surface area is 173 Å². The number of pyridine rings is 2. The number of amidine groups is 2. The van der Waals surface area contributed by atoms with Gasteiger partial charge >= 0.3 is 174 Å². The van der Waals surface area contributed by atoms with Gasteiger partial charge in [0.2, 0.25) is 0 Å². The molecule has 4 aromatic rings. The summed E-state index contributed by atoms with van der Waals surface area (Å²) < 4.78 is 5.19. The molecule has 0 unspecified atom stereocenters. The van der Waals surface area contributed by atoms with Gasteiger partial charge in [-0.2, -0.15) is 0 Å². The fourth-order valence-electron chi connectivity index (χ4n) is 2.61. The van der Waals surface area contributed by atoms with Crippen LogP contribution in [0.3, 0.4) is 0 Å². The monoisotopic (exact) mass is 500 g/mol. The van der Waals surface area contributed by atoms with Gasteiger partial charge in [0.25, 0.3) is 0 Å². The first-order valence-electron chi connectivity index (χ1n) is 8.33. The van der Waals surface area contributed by atoms with Crippen molar-refractivity contribution < 1.29 is 0 Å². The molecule has 6 nitrogen and oxygen atoms in total. The Morgan fingerprint density at radius 3 is 1.32 bits per heavy atom. The number of nitrogens with one attached hydrogen (secondary N) is 2. The van der Waals surface area contributed by atoms with Gasteiger partial charge in [-0.05, 0) is 0 Å². The second-order valence-electron chi connectivity index (χ2n) is 6.02. The van der Waals surface area contributed by atoms with Crippen LogP contribution in [0.5, 0.6) is 0 Å². The van der Waals surface area contributed by atoms with Crippen LogP contribution in [0.2, 0.25) is 0 Å². The first-order valence-corrected chi connectivity index (χ1v) is 11.8. The zero-order valence-electron chi connectivity index (χ0n) is 14.6. The molecule has 0 aliphatic carbocycles. The van der Waals surface area contributed by atoms with Crippen molar-refractivity contribution in [2.24, 2.45) is 11.5 Å². The van der Waals surface area contributed by atoms with E-state index in [-0.39, 0.29) is 40.7 Å². The number of rotatable bonds is 5. The van der Waals surface area contributed by atoms with Gasteiger partial charge in [0.05, 0.1) is 0 Å². The van der Waals surface area contributed by atoms with Crippen LogP contribution in [0.15, 0.2) is 60.9 Å². The summed E-state index contributed by atoms with van der Waals surface area (Å²) in [6.07, 6.45) is 3.31. The molecule has 4 heterocycles. The third-order valence-electron chi connectivity index (χ3n) is 4.11. The summed E-state index contributed by atoms with van der Waals surface area (Å²) >= 11 is 0.404. The van der Waals surface area contributed by atoms with Crippen LogP contribution < -0.4 is 11.5 Å². The van der Waals surface area contributed by atoms with Crippen molar-refractivity contribution in [3.63, 3.8) is 0 Å². The van der Waals surface area contributed by atoms with Crippen LogP contribution >= 0.6 is 0 Å². The Kier molecular flexibility index (Phi) is 5.11. The van der Waals surface area contributed by atoms with E-state index in [9.17, 15) is 0 Å². The van der Waals surface area contributed by atoms with Crippen molar-refractivity contribution in [1.82, 2.24) is 9.97 Å². The fourth-order valence-corrected chi connectivity index (χ4v) is 7.31. The van der Waals surface area contributed by atoms with Gasteiger partial charge in [0, 0.05) is 0 Å². The molecular weight excluding hydrogens is 482 g/mol. The molecule has 138 valence electrons. The average Bonchev–Trinajstić information content (AvgIpc) is 3.38. The van der Waals surface area contributed by atoms with Crippen molar-refractivity contribution in [2.45, 2.75) is 0 Å². The molecule has 0 aromatic carbocycles. The minimum absolute atomic E-state index is 0.0335. The number of nitrogen functional groups attached to an aromatic ring is 2. The van der Waals surface area contributed by atoms with Gasteiger partial charge in [-0.1, -0.05) is 0 Å². The Hall–Kier alpha value is -2.76. The average molecular weight is 498 g/mol. The Bertz CT molecular complexity index is 1060. The van der Waals surface area contributed by atoms with E-state index in [1.54, 1.807) is 12.4 Å². The molecule has 0 fully saturated rings. The summed E-state index contributed by atoms with van der Waals surface area (Å²) in [6, 6.07) is 16.2. The molecule has 4 aromatic heterocycles. The molecule has 6 N–H and O–H groups in total. The summed E-state index contributed by atoms with van der Waals surface area (Å²) in [6.45, 7) is 0. The van der Waals surface area contributed by atoms with Gasteiger partial charge in [0.15, 0.2) is 0 Å². The van der Waals surface area contributed by atoms with Crippen LogP contribution in [-0.2, 0) is 0 Å². The zero-order valence-corrected chi connectivity index (χ0v) is 18.1. The fraction of sp³-hybridized carbons (Fsp3) is 0. The third kappa shape index (κ3) is 3.77. The van der Waals surface area contributed by atoms with Crippen LogP contribution in [-0.4, -0.2) is 50.6 Å². The second-order valence-corrected chi connectivity index (χ2v) is 10.6. The molecule has 0 atom stereocenters. The van der Waals surface area contributed by atoms with E-state index in [0.717, 1.165) is 11.4 Å². The summed E-state index contributed by atoms with van der Waals surface area (Å²) in [7, 11) is 0. The molecule has 0 aliphatic heterocycles. The van der Waals surface area contributed by atoms with Crippen molar-refractivity contribution in [2.75, 3.05) is 0 Å². The molecular formula is C20H16N6Se2. The van der Waals surface area contributed by atoms with E-state index in [1.165, 1.54) is 17.7 Å². The molecule has 0 radical (unpaired) electrons. The van der Waals surface area contributed by atoms with E-state index in [1.807, 2.05) is 24.3 Å². The van der Waals surface area contributed by atoms with Gasteiger partial charge in [-0.15, -0.1) is 0 Å². The Morgan fingerprint density at radius 2 is 1.00 bits per heavy atom. The normalized spacial score (nSPS) is 10.7. The molecule has 0 aliphatic rings. The quantitative estimate of drug-likeness (QED) is 0.191. The van der Waals surface area contributed by atoms with E-state index in [4.69, 9.17) is 22.3 Å². The molecule has 0 saturated carbocycles. The minimum atomic E-state index is 0.0335. The van der Waals surface area contributed by atoms with E-state index in [2.05, 4.69) is 34.2 Å². The summed E-state index contributed by atoms with van der Waals surface area (Å²) in [5, 5.41) is 14.9. The van der Waals surface area contributed by atoms with Crippen LogP contribution in [0.25, 0.3) is 29.1 Å². The van der Waals surface area contributed by atoms with E-state index in [0.29, 0.717) is 11.1 Å². The zero-order chi connectivity index (χ0) is 19.7. The summed E-state index contributed by atoms with van der Waals surface area (Å²) in [5.74, 6) is 0.0669. The Balaban J connectivity index is 1.57. The van der Waals surface area contributed by atoms with Crippen molar-refractivity contribution in [3.8, 4) is 29.1 Å². The molecule has 0 saturated heterocycles. The number of aromatic nitrogens is 2. The topological polar surface area (TPSA) is 126 Å². The van der Waals surface area contributed by atoms with Gasteiger partial charge in [-0.25, -0.2) is 0 Å². The maximum atomic E-state index is 7.47. The van der Waals surface area contributed by atoms with Gasteiger partial charge in [-0.3, -0.25) is 0 Å². The predicted molar refractivity (Wildman–Crippen MR) is 114 cm³/mol. The molecule has 28 heavy (non-hydrogen) atoms. The predicted octanol–water partition coefficient (Wildman–Crippen LogP) is 2.16. The SMILES string of the molecule is N=C(N)c1ccc(-c2ccc(-c3ccc(-c4ccc(C(=N)N)cn4)[se]3)[se]2)nc1. The van der Waals surface area contributed by atoms with E-state index >= 15 is 0 Å². The van der Waals surface area contributed by atoms with Crippen LogP contribution in [0.1, 0.15) is 11.1 Å². The first kappa shape index (κ1) is 18.6. The number of nitrogens with two attached hydrogens (primary N) is 2.